The summed E-state index contributed by atoms with van der Waals surface area (Å²) in [5, 5.41) is 14.2. The first-order valence-electron chi connectivity index (χ1n) is 5.58. The lowest BCUT2D eigenvalue weighted by Crippen LogP contribution is -2.14. The molecule has 0 bridgehead atoms. The summed E-state index contributed by atoms with van der Waals surface area (Å²) in [6.45, 7) is 3.94. The molecule has 3 N–H and O–H groups in total. The Hall–Kier alpha value is -1.65. The van der Waals surface area contributed by atoms with Crippen LogP contribution in [0.4, 0.5) is 0 Å². The van der Waals surface area contributed by atoms with Gasteiger partial charge in [-0.15, -0.1) is 0 Å². The minimum absolute atomic E-state index is 0.466. The molecule has 0 fully saturated rings. The molecule has 4 nitrogen and oxygen atoms in total. The Morgan fingerprint density at radius 3 is 2.65 bits per heavy atom. The average Bonchev–Trinajstić information content (AvgIpc) is 2.77. The molecule has 1 heterocycles. The minimum Gasteiger partial charge on any atom is -0.386 e. The van der Waals surface area contributed by atoms with Gasteiger partial charge in [-0.2, -0.15) is 5.10 Å². The monoisotopic (exact) mass is 231 g/mol. The lowest BCUT2D eigenvalue weighted by Gasteiger charge is -2.14. The highest BCUT2D eigenvalue weighted by Crippen LogP contribution is 2.21. The van der Waals surface area contributed by atoms with Crippen LogP contribution in [0.2, 0.25) is 0 Å². The Kier molecular flexibility index (Phi) is 3.00. The van der Waals surface area contributed by atoms with Crippen molar-refractivity contribution in [1.29, 1.82) is 0 Å². The predicted molar refractivity (Wildman–Crippen MR) is 66.7 cm³/mol. The number of benzene rings is 1. The van der Waals surface area contributed by atoms with Gasteiger partial charge in [0.2, 0.25) is 0 Å². The molecule has 0 aliphatic carbocycles. The van der Waals surface area contributed by atoms with Crippen LogP contribution in [-0.2, 0) is 12.1 Å². The second-order valence-corrected chi connectivity index (χ2v) is 4.57. The standard InChI is InChI=1S/C13H17N3O/c1-13(2,17)11-8-15-16(9-11)12-6-4-3-5-10(12)7-14/h3-6,8-9,17H,7,14H2,1-2H3. The van der Waals surface area contributed by atoms with Gasteiger partial charge in [-0.3, -0.25) is 0 Å². The molecule has 0 aliphatic heterocycles. The molecule has 2 aromatic rings. The Balaban J connectivity index is 2.44. The highest BCUT2D eigenvalue weighted by molar-refractivity contribution is 5.40. The number of para-hydroxylation sites is 1. The third-order valence-corrected chi connectivity index (χ3v) is 2.75. The molecule has 90 valence electrons. The van der Waals surface area contributed by atoms with Crippen LogP contribution in [0.3, 0.4) is 0 Å². The fourth-order valence-electron chi connectivity index (χ4n) is 1.68. The molecule has 17 heavy (non-hydrogen) atoms. The molecule has 0 atom stereocenters. The van der Waals surface area contributed by atoms with Crippen molar-refractivity contribution in [3.8, 4) is 5.69 Å². The second kappa shape index (κ2) is 4.31. The van der Waals surface area contributed by atoms with Gasteiger partial charge in [-0.25, -0.2) is 4.68 Å². The van der Waals surface area contributed by atoms with E-state index in [2.05, 4.69) is 5.10 Å². The van der Waals surface area contributed by atoms with Gasteiger partial charge in [0.1, 0.15) is 0 Å². The Labute approximate surface area is 101 Å². The maximum Gasteiger partial charge on any atom is 0.0871 e. The van der Waals surface area contributed by atoms with Crippen LogP contribution in [0.25, 0.3) is 5.69 Å². The topological polar surface area (TPSA) is 64.1 Å². The van der Waals surface area contributed by atoms with Crippen LogP contribution < -0.4 is 5.73 Å². The lowest BCUT2D eigenvalue weighted by atomic mass is 10.0. The van der Waals surface area contributed by atoms with Crippen molar-refractivity contribution in [2.75, 3.05) is 0 Å². The molecular weight excluding hydrogens is 214 g/mol. The number of aromatic nitrogens is 2. The van der Waals surface area contributed by atoms with E-state index in [-0.39, 0.29) is 0 Å². The van der Waals surface area contributed by atoms with Gasteiger partial charge in [0.15, 0.2) is 0 Å². The maximum absolute atomic E-state index is 9.90. The van der Waals surface area contributed by atoms with Crippen LogP contribution in [0, 0.1) is 0 Å². The molecule has 0 spiro atoms. The highest BCUT2D eigenvalue weighted by Gasteiger charge is 2.18. The van der Waals surface area contributed by atoms with Gasteiger partial charge in [0.25, 0.3) is 0 Å². The summed E-state index contributed by atoms with van der Waals surface area (Å²) in [6, 6.07) is 7.83. The zero-order valence-electron chi connectivity index (χ0n) is 10.1. The summed E-state index contributed by atoms with van der Waals surface area (Å²) in [7, 11) is 0. The van der Waals surface area contributed by atoms with Crippen LogP contribution in [0.5, 0.6) is 0 Å². The van der Waals surface area contributed by atoms with Gasteiger partial charge >= 0.3 is 0 Å². The molecule has 2 rings (SSSR count). The van der Waals surface area contributed by atoms with Gasteiger partial charge < -0.3 is 10.8 Å². The number of hydrogen-bond donors (Lipinski definition) is 2. The van der Waals surface area contributed by atoms with Crippen LogP contribution >= 0.6 is 0 Å². The molecule has 0 radical (unpaired) electrons. The minimum atomic E-state index is -0.879. The van der Waals surface area contributed by atoms with E-state index in [0.29, 0.717) is 6.54 Å². The van der Waals surface area contributed by atoms with Crippen molar-refractivity contribution in [2.24, 2.45) is 5.73 Å². The highest BCUT2D eigenvalue weighted by atomic mass is 16.3. The number of hydrogen-bond acceptors (Lipinski definition) is 3. The first-order chi connectivity index (χ1) is 8.02. The molecule has 0 aliphatic rings. The lowest BCUT2D eigenvalue weighted by molar-refractivity contribution is 0.0786. The van der Waals surface area contributed by atoms with Gasteiger partial charge in [-0.05, 0) is 25.5 Å². The quantitative estimate of drug-likeness (QED) is 0.842. The fourth-order valence-corrected chi connectivity index (χ4v) is 1.68. The summed E-state index contributed by atoms with van der Waals surface area (Å²) >= 11 is 0. The average molecular weight is 231 g/mol. The van der Waals surface area contributed by atoms with Crippen molar-refractivity contribution in [3.63, 3.8) is 0 Å². The van der Waals surface area contributed by atoms with Crippen molar-refractivity contribution in [1.82, 2.24) is 9.78 Å². The van der Waals surface area contributed by atoms with Crippen LogP contribution in [0.15, 0.2) is 36.7 Å². The van der Waals surface area contributed by atoms with E-state index in [4.69, 9.17) is 5.73 Å². The van der Waals surface area contributed by atoms with Crippen molar-refractivity contribution >= 4 is 0 Å². The summed E-state index contributed by atoms with van der Waals surface area (Å²) in [5.74, 6) is 0. The number of aliphatic hydroxyl groups is 1. The molecule has 1 aromatic heterocycles. The largest absolute Gasteiger partial charge is 0.386 e. The maximum atomic E-state index is 9.90. The van der Waals surface area contributed by atoms with Crippen LogP contribution in [0.1, 0.15) is 25.0 Å². The molecule has 0 saturated heterocycles. The third kappa shape index (κ3) is 2.38. The van der Waals surface area contributed by atoms with Gasteiger partial charge in [0.05, 0.1) is 17.5 Å². The molecule has 4 heteroatoms. The van der Waals surface area contributed by atoms with E-state index < -0.39 is 5.60 Å². The smallest absolute Gasteiger partial charge is 0.0871 e. The number of rotatable bonds is 3. The zero-order valence-corrected chi connectivity index (χ0v) is 10.1. The Bertz CT molecular complexity index is 511. The Morgan fingerprint density at radius 2 is 2.06 bits per heavy atom. The second-order valence-electron chi connectivity index (χ2n) is 4.57. The summed E-state index contributed by atoms with van der Waals surface area (Å²) in [5.41, 5.74) is 7.57. The Morgan fingerprint density at radius 1 is 1.35 bits per heavy atom. The van der Waals surface area contributed by atoms with Gasteiger partial charge in [-0.1, -0.05) is 18.2 Å². The summed E-state index contributed by atoms with van der Waals surface area (Å²) < 4.78 is 1.75. The van der Waals surface area contributed by atoms with Crippen molar-refractivity contribution in [2.45, 2.75) is 26.0 Å². The number of nitrogens with zero attached hydrogens (tertiary/aromatic N) is 2. The summed E-state index contributed by atoms with van der Waals surface area (Å²) in [6.07, 6.45) is 3.50. The third-order valence-electron chi connectivity index (χ3n) is 2.75. The van der Waals surface area contributed by atoms with E-state index in [1.807, 2.05) is 30.5 Å². The van der Waals surface area contributed by atoms with E-state index in [0.717, 1.165) is 16.8 Å². The summed E-state index contributed by atoms with van der Waals surface area (Å²) in [4.78, 5) is 0. The first kappa shape index (κ1) is 11.8. The first-order valence-corrected chi connectivity index (χ1v) is 5.58. The van der Waals surface area contributed by atoms with Gasteiger partial charge in [0, 0.05) is 18.3 Å². The van der Waals surface area contributed by atoms with Crippen molar-refractivity contribution < 1.29 is 5.11 Å². The molecular formula is C13H17N3O. The molecule has 0 amide bonds. The molecule has 0 unspecified atom stereocenters. The van der Waals surface area contributed by atoms with Crippen LogP contribution in [-0.4, -0.2) is 14.9 Å². The predicted octanol–water partition coefficient (Wildman–Crippen LogP) is 1.56. The van der Waals surface area contributed by atoms with Crippen molar-refractivity contribution in [3.05, 3.63) is 47.8 Å². The fraction of sp³-hybridized carbons (Fsp3) is 0.308. The van der Waals surface area contributed by atoms with E-state index in [9.17, 15) is 5.11 Å². The molecule has 0 saturated carbocycles. The number of nitrogens with two attached hydrogens (primary N) is 1. The SMILES string of the molecule is CC(C)(O)c1cnn(-c2ccccc2CN)c1. The molecule has 1 aromatic carbocycles. The normalized spacial score (nSPS) is 11.8. The zero-order chi connectivity index (χ0) is 12.5. The van der Waals surface area contributed by atoms with E-state index >= 15 is 0 Å². The van der Waals surface area contributed by atoms with E-state index in [1.54, 1.807) is 24.7 Å². The van der Waals surface area contributed by atoms with E-state index in [1.165, 1.54) is 0 Å².